The first-order valence-corrected chi connectivity index (χ1v) is 9.05. The quantitative estimate of drug-likeness (QED) is 0.389. The first-order chi connectivity index (χ1) is 13.5. The van der Waals surface area contributed by atoms with Crippen LogP contribution in [0.4, 0.5) is 0 Å². The Kier molecular flexibility index (Phi) is 5.59. The number of primary amides is 1. The van der Waals surface area contributed by atoms with Crippen molar-refractivity contribution in [2.75, 3.05) is 7.11 Å². The Morgan fingerprint density at radius 3 is 2.36 bits per heavy atom. The number of rotatable bonds is 7. The molecule has 28 heavy (non-hydrogen) atoms. The van der Waals surface area contributed by atoms with E-state index in [2.05, 4.69) is 9.30 Å². The molecule has 0 spiro atoms. The smallest absolute Gasteiger partial charge is 0.379 e. The number of hydrogen-bond acceptors (Lipinski definition) is 4. The number of nitrogens with zero attached hydrogens (tertiary/aromatic N) is 1. The predicted molar refractivity (Wildman–Crippen MR) is 106 cm³/mol. The fraction of sp³-hybridized carbons (Fsp3) is 0.227. The number of carbonyl (C=O) groups is 3. The van der Waals surface area contributed by atoms with Gasteiger partial charge in [-0.3, -0.25) is 9.59 Å². The summed E-state index contributed by atoms with van der Waals surface area (Å²) in [6.45, 7) is 2.57. The molecule has 3 rings (SSSR count). The van der Waals surface area contributed by atoms with Gasteiger partial charge < -0.3 is 15.0 Å². The van der Waals surface area contributed by atoms with Crippen LogP contribution in [0.25, 0.3) is 10.9 Å². The summed E-state index contributed by atoms with van der Waals surface area (Å²) in [5.74, 6) is -2.17. The molecule has 1 aromatic heterocycles. The Balaban J connectivity index is 2.30. The summed E-state index contributed by atoms with van der Waals surface area (Å²) in [7, 11) is 1.17. The largest absolute Gasteiger partial charge is 0.463 e. The van der Waals surface area contributed by atoms with E-state index in [1.165, 1.54) is 7.11 Å². The van der Waals surface area contributed by atoms with Gasteiger partial charge in [0.2, 0.25) is 5.91 Å². The number of ketones is 1. The van der Waals surface area contributed by atoms with Crippen molar-refractivity contribution in [2.24, 2.45) is 5.73 Å². The van der Waals surface area contributed by atoms with E-state index >= 15 is 0 Å². The zero-order chi connectivity index (χ0) is 20.3. The van der Waals surface area contributed by atoms with Crippen LogP contribution in [0.3, 0.4) is 0 Å². The van der Waals surface area contributed by atoms with Crippen molar-refractivity contribution in [1.29, 1.82) is 0 Å². The van der Waals surface area contributed by atoms with Crippen LogP contribution in [-0.2, 0) is 33.7 Å². The zero-order valence-electron chi connectivity index (χ0n) is 15.9. The van der Waals surface area contributed by atoms with Crippen LogP contribution in [0.2, 0.25) is 0 Å². The summed E-state index contributed by atoms with van der Waals surface area (Å²) in [5.41, 5.74) is 9.19. The molecule has 0 saturated heterocycles. The SMILES string of the molecule is CCc1c(CC(N)=O)c2c(C(=O)C(=O)OC)cccc2n1Cc1ccccc1. The maximum absolute atomic E-state index is 12.6. The topological polar surface area (TPSA) is 91.4 Å². The van der Waals surface area contributed by atoms with E-state index in [9.17, 15) is 14.4 Å². The highest BCUT2D eigenvalue weighted by Crippen LogP contribution is 2.31. The minimum atomic E-state index is -0.939. The average molecular weight is 378 g/mol. The number of esters is 1. The second kappa shape index (κ2) is 8.08. The lowest BCUT2D eigenvalue weighted by Crippen LogP contribution is -2.17. The molecule has 6 nitrogen and oxygen atoms in total. The maximum atomic E-state index is 12.6. The van der Waals surface area contributed by atoms with E-state index in [0.717, 1.165) is 16.8 Å². The molecule has 144 valence electrons. The fourth-order valence-electron chi connectivity index (χ4n) is 3.64. The minimum absolute atomic E-state index is 0.00701. The summed E-state index contributed by atoms with van der Waals surface area (Å²) in [6.07, 6.45) is 0.642. The summed E-state index contributed by atoms with van der Waals surface area (Å²) in [6, 6.07) is 15.1. The molecule has 2 N–H and O–H groups in total. The number of fused-ring (bicyclic) bond motifs is 1. The summed E-state index contributed by atoms with van der Waals surface area (Å²) in [4.78, 5) is 36.2. The summed E-state index contributed by atoms with van der Waals surface area (Å²) < 4.78 is 6.69. The van der Waals surface area contributed by atoms with E-state index < -0.39 is 17.7 Å². The molecule has 0 aliphatic heterocycles. The van der Waals surface area contributed by atoms with Gasteiger partial charge in [0.25, 0.3) is 5.78 Å². The summed E-state index contributed by atoms with van der Waals surface area (Å²) in [5, 5.41) is 0.587. The van der Waals surface area contributed by atoms with Crippen molar-refractivity contribution in [3.8, 4) is 0 Å². The minimum Gasteiger partial charge on any atom is -0.463 e. The van der Waals surface area contributed by atoms with E-state index in [4.69, 9.17) is 5.73 Å². The van der Waals surface area contributed by atoms with Crippen molar-refractivity contribution in [3.05, 3.63) is 70.9 Å². The number of ether oxygens (including phenoxy) is 1. The molecule has 0 aliphatic rings. The molecule has 0 atom stereocenters. The van der Waals surface area contributed by atoms with Gasteiger partial charge >= 0.3 is 5.97 Å². The standard InChI is InChI=1S/C22H22N2O4/c1-3-17-16(12-19(23)25)20-15(21(26)22(27)28-2)10-7-11-18(20)24(17)13-14-8-5-4-6-9-14/h4-11H,3,12-13H2,1-2H3,(H2,23,25). The third-order valence-electron chi connectivity index (χ3n) is 4.79. The van der Waals surface area contributed by atoms with E-state index in [-0.39, 0.29) is 12.0 Å². The molecule has 0 fully saturated rings. The molecule has 0 radical (unpaired) electrons. The molecule has 6 heteroatoms. The summed E-state index contributed by atoms with van der Waals surface area (Å²) >= 11 is 0. The Morgan fingerprint density at radius 2 is 1.75 bits per heavy atom. The number of methoxy groups -OCH3 is 1. The van der Waals surface area contributed by atoms with Gasteiger partial charge in [-0.25, -0.2) is 4.79 Å². The lowest BCUT2D eigenvalue weighted by molar-refractivity contribution is -0.135. The van der Waals surface area contributed by atoms with Crippen molar-refractivity contribution < 1.29 is 19.1 Å². The normalized spacial score (nSPS) is 10.8. The number of benzene rings is 2. The predicted octanol–water partition coefficient (Wildman–Crippen LogP) is 2.64. The maximum Gasteiger partial charge on any atom is 0.379 e. The molecule has 1 heterocycles. The van der Waals surface area contributed by atoms with Crippen LogP contribution in [-0.4, -0.2) is 29.3 Å². The number of hydrogen-bond donors (Lipinski definition) is 1. The van der Waals surface area contributed by atoms with Crippen LogP contribution in [0, 0.1) is 0 Å². The molecular formula is C22H22N2O4. The number of aromatic nitrogens is 1. The lowest BCUT2D eigenvalue weighted by atomic mass is 9.99. The lowest BCUT2D eigenvalue weighted by Gasteiger charge is -2.11. The van der Waals surface area contributed by atoms with Crippen LogP contribution < -0.4 is 5.73 Å². The van der Waals surface area contributed by atoms with E-state index in [1.807, 2.05) is 43.3 Å². The van der Waals surface area contributed by atoms with Crippen molar-refractivity contribution in [3.63, 3.8) is 0 Å². The van der Waals surface area contributed by atoms with Gasteiger partial charge in [-0.1, -0.05) is 49.4 Å². The molecule has 0 bridgehead atoms. The molecule has 3 aromatic rings. The van der Waals surface area contributed by atoms with Crippen LogP contribution in [0.5, 0.6) is 0 Å². The van der Waals surface area contributed by atoms with Gasteiger partial charge in [-0.05, 0) is 23.6 Å². The number of Topliss-reactive ketones (excluding diaryl/α,β-unsaturated/α-hetero) is 1. The second-order valence-corrected chi connectivity index (χ2v) is 6.51. The number of carbonyl (C=O) groups excluding carboxylic acids is 3. The zero-order valence-corrected chi connectivity index (χ0v) is 15.9. The van der Waals surface area contributed by atoms with Gasteiger partial charge in [0.05, 0.1) is 13.5 Å². The highest BCUT2D eigenvalue weighted by atomic mass is 16.5. The van der Waals surface area contributed by atoms with Crippen molar-refractivity contribution in [2.45, 2.75) is 26.3 Å². The van der Waals surface area contributed by atoms with Gasteiger partial charge in [0.15, 0.2) is 0 Å². The van der Waals surface area contributed by atoms with E-state index in [1.54, 1.807) is 12.1 Å². The molecule has 1 amide bonds. The Labute approximate surface area is 162 Å². The Bertz CT molecular complexity index is 1050. The van der Waals surface area contributed by atoms with E-state index in [0.29, 0.717) is 23.9 Å². The molecule has 0 saturated carbocycles. The average Bonchev–Trinajstić information content (AvgIpc) is 2.99. The first-order valence-electron chi connectivity index (χ1n) is 9.05. The molecule has 2 aromatic carbocycles. The highest BCUT2D eigenvalue weighted by molar-refractivity contribution is 6.43. The van der Waals surface area contributed by atoms with Gasteiger partial charge in [0.1, 0.15) is 0 Å². The third-order valence-corrected chi connectivity index (χ3v) is 4.79. The van der Waals surface area contributed by atoms with Crippen LogP contribution in [0.1, 0.15) is 34.1 Å². The number of nitrogens with two attached hydrogens (primary N) is 1. The van der Waals surface area contributed by atoms with Crippen molar-refractivity contribution >= 4 is 28.6 Å². The first kappa shape index (κ1) is 19.4. The molecule has 0 unspecified atom stereocenters. The fourth-order valence-corrected chi connectivity index (χ4v) is 3.64. The highest BCUT2D eigenvalue weighted by Gasteiger charge is 2.25. The monoisotopic (exact) mass is 378 g/mol. The molecule has 0 aliphatic carbocycles. The molecular weight excluding hydrogens is 356 g/mol. The van der Waals surface area contributed by atoms with Crippen LogP contribution in [0.15, 0.2) is 48.5 Å². The van der Waals surface area contributed by atoms with Gasteiger partial charge in [0, 0.05) is 28.7 Å². The van der Waals surface area contributed by atoms with Crippen LogP contribution >= 0.6 is 0 Å². The van der Waals surface area contributed by atoms with Crippen molar-refractivity contribution in [1.82, 2.24) is 4.57 Å². The Hall–Kier alpha value is -3.41. The second-order valence-electron chi connectivity index (χ2n) is 6.51. The van der Waals surface area contributed by atoms with Gasteiger partial charge in [-0.15, -0.1) is 0 Å². The Morgan fingerprint density at radius 1 is 1.04 bits per heavy atom. The number of amides is 1. The van der Waals surface area contributed by atoms with Gasteiger partial charge in [-0.2, -0.15) is 0 Å². The third kappa shape index (κ3) is 3.53.